The van der Waals surface area contributed by atoms with E-state index in [-0.39, 0.29) is 0 Å². The molecule has 206 valence electrons. The Kier molecular flexibility index (Phi) is 9.06. The van der Waals surface area contributed by atoms with Gasteiger partial charge in [0.15, 0.2) is 0 Å². The van der Waals surface area contributed by atoms with Crippen molar-refractivity contribution in [3.63, 3.8) is 0 Å². The first-order chi connectivity index (χ1) is 18.7. The number of aliphatic hydroxyl groups excluding tert-OH is 1. The molecular formula is C30H34N2O7. The van der Waals surface area contributed by atoms with Crippen LogP contribution in [0.4, 0.5) is 0 Å². The number of aryl methyl sites for hydroxylation is 1. The number of hydrogen-bond donors (Lipinski definition) is 4. The fraction of sp³-hybridized carbons (Fsp3) is 0.333. The number of aromatic amines is 1. The highest BCUT2D eigenvalue weighted by molar-refractivity contribution is 6.27. The van der Waals surface area contributed by atoms with Crippen LogP contribution in [0.25, 0.3) is 21.7 Å². The quantitative estimate of drug-likeness (QED) is 0.256. The number of nitrogens with zero attached hydrogens (tertiary/aromatic N) is 1. The lowest BCUT2D eigenvalue weighted by Crippen LogP contribution is -2.40. The van der Waals surface area contributed by atoms with Gasteiger partial charge in [-0.3, -0.25) is 0 Å². The zero-order valence-corrected chi connectivity index (χ0v) is 22.1. The number of aliphatic carboxylic acids is 2. The van der Waals surface area contributed by atoms with Crippen molar-refractivity contribution < 1.29 is 34.4 Å². The van der Waals surface area contributed by atoms with Gasteiger partial charge in [0.2, 0.25) is 0 Å². The summed E-state index contributed by atoms with van der Waals surface area (Å²) < 4.78 is 11.5. The molecule has 9 heteroatoms. The van der Waals surface area contributed by atoms with Gasteiger partial charge in [0.1, 0.15) is 24.2 Å². The molecule has 0 saturated carbocycles. The van der Waals surface area contributed by atoms with Gasteiger partial charge < -0.3 is 34.7 Å². The van der Waals surface area contributed by atoms with Crippen LogP contribution < -0.4 is 9.47 Å². The molecule has 5 rings (SSSR count). The number of piperidine rings is 1. The number of nitrogens with one attached hydrogen (secondary N) is 1. The van der Waals surface area contributed by atoms with Crippen LogP contribution in [-0.2, 0) is 9.59 Å². The lowest BCUT2D eigenvalue weighted by Gasteiger charge is -2.33. The van der Waals surface area contributed by atoms with E-state index in [1.165, 1.54) is 16.3 Å². The van der Waals surface area contributed by atoms with E-state index in [0.717, 1.165) is 54.0 Å². The number of carboxylic acids is 2. The van der Waals surface area contributed by atoms with E-state index in [9.17, 15) is 5.11 Å². The second-order valence-corrected chi connectivity index (χ2v) is 9.76. The summed E-state index contributed by atoms with van der Waals surface area (Å²) >= 11 is 0. The zero-order chi connectivity index (χ0) is 27.9. The number of ether oxygens (including phenoxy) is 2. The maximum atomic E-state index is 10.6. The van der Waals surface area contributed by atoms with Gasteiger partial charge in [0.25, 0.3) is 0 Å². The van der Waals surface area contributed by atoms with E-state index in [2.05, 4.69) is 40.2 Å². The summed E-state index contributed by atoms with van der Waals surface area (Å²) in [4.78, 5) is 23.9. The number of aliphatic hydroxyl groups is 1. The third-order valence-electron chi connectivity index (χ3n) is 6.99. The Morgan fingerprint density at radius 3 is 2.36 bits per heavy atom. The lowest BCUT2D eigenvalue weighted by molar-refractivity contribution is -0.159. The van der Waals surface area contributed by atoms with Gasteiger partial charge in [0, 0.05) is 28.5 Å². The van der Waals surface area contributed by atoms with E-state index in [1.807, 2.05) is 37.3 Å². The van der Waals surface area contributed by atoms with E-state index >= 15 is 0 Å². The maximum Gasteiger partial charge on any atom is 0.414 e. The number of rotatable bonds is 7. The van der Waals surface area contributed by atoms with Crippen LogP contribution in [-0.4, -0.2) is 76.6 Å². The van der Waals surface area contributed by atoms with Crippen LogP contribution in [0.15, 0.2) is 60.7 Å². The highest BCUT2D eigenvalue weighted by Gasteiger charge is 2.23. The van der Waals surface area contributed by atoms with Crippen molar-refractivity contribution in [3.05, 3.63) is 71.9 Å². The van der Waals surface area contributed by atoms with Crippen LogP contribution >= 0.6 is 0 Å². The van der Waals surface area contributed by atoms with Crippen molar-refractivity contribution in [3.8, 4) is 11.5 Å². The van der Waals surface area contributed by atoms with Gasteiger partial charge in [0.05, 0.1) is 7.11 Å². The minimum atomic E-state index is -1.82. The van der Waals surface area contributed by atoms with Crippen molar-refractivity contribution in [2.45, 2.75) is 31.8 Å². The normalized spacial score (nSPS) is 14.9. The Hall–Kier alpha value is -4.08. The average molecular weight is 535 g/mol. The number of hydrogen-bond acceptors (Lipinski definition) is 6. The molecule has 1 aromatic heterocycles. The van der Waals surface area contributed by atoms with Crippen LogP contribution in [0, 0.1) is 6.92 Å². The third-order valence-corrected chi connectivity index (χ3v) is 6.99. The maximum absolute atomic E-state index is 10.6. The van der Waals surface area contributed by atoms with Crippen molar-refractivity contribution in [1.82, 2.24) is 9.88 Å². The molecule has 39 heavy (non-hydrogen) atoms. The molecule has 1 aliphatic rings. The number of H-pyrrole nitrogens is 1. The number of aromatic nitrogens is 1. The SMILES string of the molecule is COc1cccc2ccc(C3CCN(C[C@H](O)COc4cccc5[nH]c(C)cc45)CC3)cc12.O=C(O)C(=O)O. The van der Waals surface area contributed by atoms with E-state index in [1.54, 1.807) is 7.11 Å². The Morgan fingerprint density at radius 1 is 0.974 bits per heavy atom. The monoisotopic (exact) mass is 534 g/mol. The Balaban J connectivity index is 0.000000531. The second kappa shape index (κ2) is 12.6. The number of carbonyl (C=O) groups is 2. The van der Waals surface area contributed by atoms with Crippen molar-refractivity contribution in [1.29, 1.82) is 0 Å². The van der Waals surface area contributed by atoms with Gasteiger partial charge in [-0.2, -0.15) is 0 Å². The summed E-state index contributed by atoms with van der Waals surface area (Å²) in [6.45, 7) is 4.95. The van der Waals surface area contributed by atoms with Crippen LogP contribution in [0.3, 0.4) is 0 Å². The van der Waals surface area contributed by atoms with Gasteiger partial charge >= 0.3 is 11.9 Å². The van der Waals surface area contributed by atoms with Crippen molar-refractivity contribution >= 4 is 33.6 Å². The summed E-state index contributed by atoms with van der Waals surface area (Å²) in [6.07, 6.45) is 1.67. The number of likely N-dealkylation sites (tertiary alicyclic amines) is 1. The summed E-state index contributed by atoms with van der Waals surface area (Å²) in [5.41, 5.74) is 3.55. The Labute approximate surface area is 226 Å². The summed E-state index contributed by atoms with van der Waals surface area (Å²) in [7, 11) is 1.73. The molecule has 9 nitrogen and oxygen atoms in total. The predicted molar refractivity (Wildman–Crippen MR) is 149 cm³/mol. The molecule has 0 amide bonds. The van der Waals surface area contributed by atoms with Gasteiger partial charge in [-0.05, 0) is 80.1 Å². The van der Waals surface area contributed by atoms with Crippen LogP contribution in [0.5, 0.6) is 11.5 Å². The van der Waals surface area contributed by atoms with Crippen LogP contribution in [0.1, 0.15) is 30.0 Å². The van der Waals surface area contributed by atoms with Crippen LogP contribution in [0.2, 0.25) is 0 Å². The highest BCUT2D eigenvalue weighted by atomic mass is 16.5. The highest BCUT2D eigenvalue weighted by Crippen LogP contribution is 2.33. The smallest absolute Gasteiger partial charge is 0.414 e. The number of methoxy groups -OCH3 is 1. The molecular weight excluding hydrogens is 500 g/mol. The molecule has 0 spiro atoms. The molecule has 4 N–H and O–H groups in total. The Morgan fingerprint density at radius 2 is 1.67 bits per heavy atom. The first-order valence-electron chi connectivity index (χ1n) is 12.9. The summed E-state index contributed by atoms with van der Waals surface area (Å²) in [5, 5.41) is 28.9. The minimum Gasteiger partial charge on any atom is -0.496 e. The van der Waals surface area contributed by atoms with E-state index < -0.39 is 18.0 Å². The number of benzene rings is 3. The Bertz CT molecular complexity index is 1430. The molecule has 1 saturated heterocycles. The van der Waals surface area contributed by atoms with Gasteiger partial charge in [-0.15, -0.1) is 0 Å². The second-order valence-electron chi connectivity index (χ2n) is 9.76. The lowest BCUT2D eigenvalue weighted by atomic mass is 9.88. The largest absolute Gasteiger partial charge is 0.496 e. The van der Waals surface area contributed by atoms with E-state index in [0.29, 0.717) is 19.1 Å². The molecule has 1 fully saturated rings. The molecule has 0 radical (unpaired) electrons. The average Bonchev–Trinajstić information content (AvgIpc) is 3.32. The third kappa shape index (κ3) is 7.07. The molecule has 0 unspecified atom stereocenters. The molecule has 4 aromatic rings. The molecule has 2 heterocycles. The first-order valence-corrected chi connectivity index (χ1v) is 12.9. The number of β-amino-alcohol motifs (C(OH)–C–C–N with tert-alkyl or cyclic N) is 1. The molecule has 1 aliphatic heterocycles. The van der Waals surface area contributed by atoms with E-state index in [4.69, 9.17) is 29.3 Å². The van der Waals surface area contributed by atoms with Crippen molar-refractivity contribution in [2.75, 3.05) is 33.4 Å². The molecule has 1 atom stereocenters. The summed E-state index contributed by atoms with van der Waals surface area (Å²) in [6, 6.07) is 21.0. The number of fused-ring (bicyclic) bond motifs is 2. The minimum absolute atomic E-state index is 0.299. The topological polar surface area (TPSA) is 132 Å². The predicted octanol–water partition coefficient (Wildman–Crippen LogP) is 4.41. The molecule has 0 aliphatic carbocycles. The standard InChI is InChI=1S/C28H32N2O3.C2H2O4/c1-19-15-25-26(29-19)6-4-8-28(25)33-18-23(31)17-30-13-11-20(12-14-30)22-10-9-21-5-3-7-27(32-2)24(21)16-22;3-1(4)2(5)6/h3-10,15-16,20,23,29,31H,11-14,17-18H2,1-2H3;(H,3,4)(H,5,6)/t23-;/m0./s1. The fourth-order valence-corrected chi connectivity index (χ4v) is 5.07. The molecule has 3 aromatic carbocycles. The number of carboxylic acid groups (broad SMARTS) is 2. The van der Waals surface area contributed by atoms with Gasteiger partial charge in [-0.25, -0.2) is 9.59 Å². The van der Waals surface area contributed by atoms with Crippen molar-refractivity contribution in [2.24, 2.45) is 0 Å². The summed E-state index contributed by atoms with van der Waals surface area (Å²) in [5.74, 6) is -1.36. The zero-order valence-electron chi connectivity index (χ0n) is 22.1. The fourth-order valence-electron chi connectivity index (χ4n) is 5.07. The van der Waals surface area contributed by atoms with Gasteiger partial charge in [-0.1, -0.05) is 30.3 Å². The first kappa shape index (κ1) is 27.9. The molecule has 0 bridgehead atoms.